The van der Waals surface area contributed by atoms with Crippen LogP contribution in [0, 0.1) is 5.92 Å². The van der Waals surface area contributed by atoms with E-state index in [1.54, 1.807) is 11.8 Å². The number of alkyl halides is 2. The van der Waals surface area contributed by atoms with E-state index >= 15 is 0 Å². The van der Waals surface area contributed by atoms with Gasteiger partial charge in [0.2, 0.25) is 17.7 Å². The molecule has 4 heterocycles. The number of anilines is 2. The molecule has 5 rings (SSSR count). The lowest BCUT2D eigenvalue weighted by Gasteiger charge is -2.46. The fourth-order valence-electron chi connectivity index (χ4n) is 5.31. The molecule has 15 heteroatoms. The van der Waals surface area contributed by atoms with Crippen LogP contribution in [0.4, 0.5) is 30.1 Å². The third kappa shape index (κ3) is 6.13. The van der Waals surface area contributed by atoms with Crippen LogP contribution in [0.3, 0.4) is 0 Å². The molecule has 2 aromatic heterocycles. The zero-order valence-corrected chi connectivity index (χ0v) is 22.3. The van der Waals surface area contributed by atoms with Gasteiger partial charge in [0.25, 0.3) is 5.92 Å². The Kier molecular flexibility index (Phi) is 8.09. The highest BCUT2D eigenvalue weighted by atomic mass is 19.3. The third-order valence-corrected chi connectivity index (χ3v) is 7.65. The predicted octanol–water partition coefficient (Wildman–Crippen LogP) is 2.27. The number of hydrogen-bond acceptors (Lipinski definition) is 10. The molecule has 2 aromatic rings. The summed E-state index contributed by atoms with van der Waals surface area (Å²) in [5, 5.41) is 8.86. The summed E-state index contributed by atoms with van der Waals surface area (Å²) in [6.45, 7) is 2.76. The second-order valence-corrected chi connectivity index (χ2v) is 10.1. The number of likely N-dealkylation sites (N-methyl/N-ethyl adjacent to an activating group) is 1. The molecular weight excluding hydrogens is 528 g/mol. The molecule has 0 radical (unpaired) electrons. The maximum atomic E-state index is 15.0. The molecule has 3 amide bonds. The molecule has 2 aliphatic heterocycles. The number of carbonyl (C=O) groups is 2. The van der Waals surface area contributed by atoms with Crippen molar-refractivity contribution in [1.29, 1.82) is 0 Å². The number of halogens is 2. The van der Waals surface area contributed by atoms with Gasteiger partial charge in [0.15, 0.2) is 5.82 Å². The van der Waals surface area contributed by atoms with Crippen molar-refractivity contribution in [2.45, 2.75) is 56.7 Å². The number of rotatable bonds is 7. The largest absolute Gasteiger partial charge is 0.477 e. The zero-order chi connectivity index (χ0) is 28.3. The van der Waals surface area contributed by atoms with Crippen LogP contribution in [0.2, 0.25) is 0 Å². The van der Waals surface area contributed by atoms with Gasteiger partial charge in [0.1, 0.15) is 6.04 Å². The standard InChI is InChI=1S/C25H33F2N9O4/c1-3-39-21-13-30-19(12-31-21)33-23(37)35(2)18-14-36(11-8-25(18,26)27)22-29-10-7-20(34-22)40-24(38)32-17-6-9-28-16-5-4-15(16)17/h7,10,12-13,15-18,28H,3-6,8-9,11,14H2,1-2H3,(H,32,38)(H,30,33,37)/t15-,16+,17?,18-/m0/s1. The first-order valence-electron chi connectivity index (χ1n) is 13.4. The molecule has 3 N–H and O–H groups in total. The molecule has 0 aromatic carbocycles. The van der Waals surface area contributed by atoms with Crippen LogP contribution in [0.25, 0.3) is 0 Å². The average Bonchev–Trinajstić information content (AvgIpc) is 2.90. The minimum absolute atomic E-state index is 0.00986. The molecular formula is C25H33F2N9O4. The van der Waals surface area contributed by atoms with E-state index in [-0.39, 0.29) is 42.7 Å². The van der Waals surface area contributed by atoms with Crippen LogP contribution in [-0.2, 0) is 0 Å². The number of piperidine rings is 2. The van der Waals surface area contributed by atoms with Gasteiger partial charge < -0.3 is 29.9 Å². The maximum absolute atomic E-state index is 15.0. The summed E-state index contributed by atoms with van der Waals surface area (Å²) in [5.74, 6) is -2.25. The summed E-state index contributed by atoms with van der Waals surface area (Å²) in [6.07, 6.45) is 5.87. The van der Waals surface area contributed by atoms with Gasteiger partial charge in [0, 0.05) is 50.9 Å². The first-order valence-corrected chi connectivity index (χ1v) is 13.4. The SMILES string of the molecule is CCOc1cnc(NC(=O)N(C)[C@H]2CN(c3nccc(OC(=O)NC4CCN[C@@H]5CC[C@H]45)n3)CCC2(F)F)cn1. The molecule has 0 spiro atoms. The second kappa shape index (κ2) is 11.7. The molecule has 40 heavy (non-hydrogen) atoms. The van der Waals surface area contributed by atoms with E-state index in [2.05, 4.69) is 35.9 Å². The molecule has 216 valence electrons. The number of hydrogen-bond donors (Lipinski definition) is 3. The number of amides is 3. The minimum Gasteiger partial charge on any atom is -0.477 e. The molecule has 4 atom stereocenters. The highest BCUT2D eigenvalue weighted by molar-refractivity contribution is 5.88. The van der Waals surface area contributed by atoms with Crippen molar-refractivity contribution in [2.75, 3.05) is 43.5 Å². The first-order chi connectivity index (χ1) is 19.2. The summed E-state index contributed by atoms with van der Waals surface area (Å²) in [7, 11) is 1.29. The number of carbonyl (C=O) groups excluding carboxylic acids is 2. The minimum atomic E-state index is -3.16. The normalized spacial score (nSPS) is 25.1. The molecule has 3 fully saturated rings. The van der Waals surface area contributed by atoms with Gasteiger partial charge in [-0.15, -0.1) is 0 Å². The number of nitrogens with one attached hydrogen (secondary N) is 3. The molecule has 1 saturated carbocycles. The van der Waals surface area contributed by atoms with Crippen molar-refractivity contribution < 1.29 is 27.8 Å². The smallest absolute Gasteiger partial charge is 0.414 e. The summed E-state index contributed by atoms with van der Waals surface area (Å²) < 4.78 is 40.6. The van der Waals surface area contributed by atoms with Crippen molar-refractivity contribution in [3.05, 3.63) is 24.7 Å². The monoisotopic (exact) mass is 561 g/mol. The van der Waals surface area contributed by atoms with Gasteiger partial charge >= 0.3 is 12.1 Å². The van der Waals surface area contributed by atoms with Gasteiger partial charge in [-0.1, -0.05) is 0 Å². The fraction of sp³-hybridized carbons (Fsp3) is 0.600. The van der Waals surface area contributed by atoms with Crippen molar-refractivity contribution >= 4 is 23.9 Å². The lowest BCUT2D eigenvalue weighted by atomic mass is 9.71. The quantitative estimate of drug-likeness (QED) is 0.460. The Labute approximate surface area is 230 Å². The van der Waals surface area contributed by atoms with Crippen LogP contribution in [0.5, 0.6) is 11.8 Å². The Morgan fingerprint density at radius 1 is 1.20 bits per heavy atom. The van der Waals surface area contributed by atoms with Gasteiger partial charge in [-0.05, 0) is 38.6 Å². The van der Waals surface area contributed by atoms with E-state index in [4.69, 9.17) is 9.47 Å². The second-order valence-electron chi connectivity index (χ2n) is 10.1. The van der Waals surface area contributed by atoms with Gasteiger partial charge in [-0.2, -0.15) is 4.98 Å². The van der Waals surface area contributed by atoms with Gasteiger partial charge in [-0.25, -0.2) is 33.3 Å². The number of urea groups is 1. The van der Waals surface area contributed by atoms with E-state index < -0.39 is 30.5 Å². The Bertz CT molecular complexity index is 1210. The highest BCUT2D eigenvalue weighted by Gasteiger charge is 2.48. The number of ether oxygens (including phenoxy) is 2. The average molecular weight is 562 g/mol. The first kappa shape index (κ1) is 27.7. The summed E-state index contributed by atoms with van der Waals surface area (Å²) in [4.78, 5) is 44.4. The lowest BCUT2D eigenvalue weighted by molar-refractivity contribution is -0.0760. The molecule has 2 saturated heterocycles. The Hall–Kier alpha value is -3.88. The van der Waals surface area contributed by atoms with Crippen LogP contribution in [0.1, 0.15) is 32.6 Å². The van der Waals surface area contributed by atoms with Crippen molar-refractivity contribution in [1.82, 2.24) is 35.5 Å². The maximum Gasteiger partial charge on any atom is 0.414 e. The van der Waals surface area contributed by atoms with Crippen LogP contribution in [-0.4, -0.2) is 94.3 Å². The predicted molar refractivity (Wildman–Crippen MR) is 140 cm³/mol. The third-order valence-electron chi connectivity index (χ3n) is 7.65. The molecule has 3 aliphatic rings. The highest BCUT2D eigenvalue weighted by Crippen LogP contribution is 2.35. The summed E-state index contributed by atoms with van der Waals surface area (Å²) in [6, 6.07) is -0.349. The fourth-order valence-corrected chi connectivity index (χ4v) is 5.31. The van der Waals surface area contributed by atoms with E-state index in [0.717, 1.165) is 30.7 Å². The zero-order valence-electron chi connectivity index (χ0n) is 22.3. The van der Waals surface area contributed by atoms with E-state index in [9.17, 15) is 18.4 Å². The van der Waals surface area contributed by atoms with Gasteiger partial charge in [0.05, 0.1) is 19.0 Å². The Morgan fingerprint density at radius 2 is 2.05 bits per heavy atom. The number of nitrogens with zero attached hydrogens (tertiary/aromatic N) is 6. The van der Waals surface area contributed by atoms with Crippen molar-refractivity contribution in [2.24, 2.45) is 5.92 Å². The molecule has 1 unspecified atom stereocenters. The molecule has 13 nitrogen and oxygen atoms in total. The van der Waals surface area contributed by atoms with E-state index in [1.165, 1.54) is 31.7 Å². The van der Waals surface area contributed by atoms with Crippen LogP contribution < -0.4 is 30.3 Å². The van der Waals surface area contributed by atoms with Gasteiger partial charge in [-0.3, -0.25) is 5.32 Å². The summed E-state index contributed by atoms with van der Waals surface area (Å²) in [5.41, 5.74) is 0. The number of aromatic nitrogens is 4. The number of fused-ring (bicyclic) bond motifs is 1. The van der Waals surface area contributed by atoms with E-state index in [1.807, 2.05) is 0 Å². The van der Waals surface area contributed by atoms with Crippen molar-refractivity contribution in [3.8, 4) is 11.8 Å². The summed E-state index contributed by atoms with van der Waals surface area (Å²) >= 11 is 0. The van der Waals surface area contributed by atoms with Crippen molar-refractivity contribution in [3.63, 3.8) is 0 Å². The van der Waals surface area contributed by atoms with Crippen LogP contribution >= 0.6 is 0 Å². The Balaban J connectivity index is 1.20. The Morgan fingerprint density at radius 3 is 2.77 bits per heavy atom. The lowest BCUT2D eigenvalue weighted by Crippen LogP contribution is -2.60. The topological polar surface area (TPSA) is 147 Å². The molecule has 1 aliphatic carbocycles. The van der Waals surface area contributed by atoms with E-state index in [0.29, 0.717) is 18.6 Å². The molecule has 0 bridgehead atoms. The van der Waals surface area contributed by atoms with Crippen LogP contribution in [0.15, 0.2) is 24.7 Å².